The molecule has 0 bridgehead atoms. The fourth-order valence-corrected chi connectivity index (χ4v) is 1.77. The van der Waals surface area contributed by atoms with Gasteiger partial charge in [0.1, 0.15) is 11.6 Å². The Morgan fingerprint density at radius 3 is 2.65 bits per heavy atom. The SMILES string of the molecule is NCc1cc(F)ccc1Oc1cc([N+](=O)[O-])ccc1Cl. The number of benzene rings is 2. The maximum Gasteiger partial charge on any atom is 0.273 e. The van der Waals surface area contributed by atoms with Crippen LogP contribution in [0.25, 0.3) is 0 Å². The summed E-state index contributed by atoms with van der Waals surface area (Å²) >= 11 is 5.92. The van der Waals surface area contributed by atoms with Gasteiger partial charge in [0.2, 0.25) is 0 Å². The number of non-ortho nitro benzene ring substituents is 1. The van der Waals surface area contributed by atoms with E-state index in [0.717, 1.165) is 0 Å². The highest BCUT2D eigenvalue weighted by Crippen LogP contribution is 2.34. The molecule has 0 unspecified atom stereocenters. The van der Waals surface area contributed by atoms with Gasteiger partial charge in [-0.25, -0.2) is 4.39 Å². The zero-order valence-corrected chi connectivity index (χ0v) is 10.9. The molecule has 0 spiro atoms. The van der Waals surface area contributed by atoms with Crippen LogP contribution in [0, 0.1) is 15.9 Å². The summed E-state index contributed by atoms with van der Waals surface area (Å²) in [6.45, 7) is 0.0691. The lowest BCUT2D eigenvalue weighted by atomic mass is 10.2. The third-order valence-corrected chi connectivity index (χ3v) is 2.90. The molecular weight excluding hydrogens is 287 g/mol. The van der Waals surface area contributed by atoms with E-state index in [1.165, 1.54) is 36.4 Å². The number of rotatable bonds is 4. The monoisotopic (exact) mass is 296 g/mol. The molecule has 0 heterocycles. The number of nitrogens with zero attached hydrogens (tertiary/aromatic N) is 1. The molecular formula is C13H10ClFN2O3. The molecule has 20 heavy (non-hydrogen) atoms. The molecule has 0 aliphatic carbocycles. The molecule has 0 aliphatic heterocycles. The van der Waals surface area contributed by atoms with Crippen LogP contribution >= 0.6 is 11.6 Å². The molecule has 0 atom stereocenters. The van der Waals surface area contributed by atoms with Crippen molar-refractivity contribution in [1.82, 2.24) is 0 Å². The minimum Gasteiger partial charge on any atom is -0.455 e. The highest BCUT2D eigenvalue weighted by molar-refractivity contribution is 6.32. The highest BCUT2D eigenvalue weighted by Gasteiger charge is 2.13. The van der Waals surface area contributed by atoms with E-state index in [0.29, 0.717) is 11.3 Å². The second-order valence-corrected chi connectivity index (χ2v) is 4.34. The minimum absolute atomic E-state index is 0.0691. The van der Waals surface area contributed by atoms with Gasteiger partial charge < -0.3 is 10.5 Å². The Balaban J connectivity index is 2.39. The summed E-state index contributed by atoms with van der Waals surface area (Å²) < 4.78 is 18.6. The van der Waals surface area contributed by atoms with E-state index >= 15 is 0 Å². The molecule has 0 saturated carbocycles. The summed E-state index contributed by atoms with van der Waals surface area (Å²) in [5, 5.41) is 10.9. The predicted octanol–water partition coefficient (Wildman–Crippen LogP) is 3.64. The summed E-state index contributed by atoms with van der Waals surface area (Å²) in [6.07, 6.45) is 0. The summed E-state index contributed by atoms with van der Waals surface area (Å²) in [5.74, 6) is -0.0265. The standard InChI is InChI=1S/C13H10ClFN2O3/c14-11-3-2-10(17(18)19)6-13(11)20-12-4-1-9(15)5-8(12)7-16/h1-6H,7,16H2. The Morgan fingerprint density at radius 2 is 2.00 bits per heavy atom. The topological polar surface area (TPSA) is 78.4 Å². The largest absolute Gasteiger partial charge is 0.455 e. The van der Waals surface area contributed by atoms with Gasteiger partial charge in [-0.05, 0) is 24.3 Å². The Bertz CT molecular complexity index is 664. The molecule has 0 fully saturated rings. The van der Waals surface area contributed by atoms with Crippen molar-refractivity contribution in [3.05, 3.63) is 62.9 Å². The fourth-order valence-electron chi connectivity index (χ4n) is 1.61. The van der Waals surface area contributed by atoms with Crippen molar-refractivity contribution >= 4 is 17.3 Å². The number of halogens is 2. The smallest absolute Gasteiger partial charge is 0.273 e. The van der Waals surface area contributed by atoms with E-state index in [-0.39, 0.29) is 23.0 Å². The summed E-state index contributed by atoms with van der Waals surface area (Å²) in [5.41, 5.74) is 5.79. The van der Waals surface area contributed by atoms with Crippen molar-refractivity contribution in [2.75, 3.05) is 0 Å². The Morgan fingerprint density at radius 1 is 1.25 bits per heavy atom. The molecule has 5 nitrogen and oxygen atoms in total. The van der Waals surface area contributed by atoms with E-state index in [4.69, 9.17) is 22.1 Å². The van der Waals surface area contributed by atoms with Crippen molar-refractivity contribution in [3.8, 4) is 11.5 Å². The van der Waals surface area contributed by atoms with Crippen molar-refractivity contribution in [2.24, 2.45) is 5.73 Å². The molecule has 104 valence electrons. The van der Waals surface area contributed by atoms with Gasteiger partial charge in [-0.1, -0.05) is 11.6 Å². The summed E-state index contributed by atoms with van der Waals surface area (Å²) in [4.78, 5) is 10.2. The fraction of sp³-hybridized carbons (Fsp3) is 0.0769. The van der Waals surface area contributed by atoms with Crippen LogP contribution in [0.15, 0.2) is 36.4 Å². The first kappa shape index (κ1) is 14.2. The second-order valence-electron chi connectivity index (χ2n) is 3.93. The van der Waals surface area contributed by atoms with Gasteiger partial charge >= 0.3 is 0 Å². The van der Waals surface area contributed by atoms with Gasteiger partial charge in [0.25, 0.3) is 5.69 Å². The van der Waals surface area contributed by atoms with Gasteiger partial charge in [0, 0.05) is 18.2 Å². The summed E-state index contributed by atoms with van der Waals surface area (Å²) in [7, 11) is 0. The number of nitrogens with two attached hydrogens (primary N) is 1. The lowest BCUT2D eigenvalue weighted by Gasteiger charge is -2.11. The van der Waals surface area contributed by atoms with Gasteiger partial charge in [0.15, 0.2) is 5.75 Å². The predicted molar refractivity (Wildman–Crippen MR) is 72.5 cm³/mol. The van der Waals surface area contributed by atoms with Crippen molar-refractivity contribution in [3.63, 3.8) is 0 Å². The van der Waals surface area contributed by atoms with E-state index in [1.807, 2.05) is 0 Å². The first-order valence-corrected chi connectivity index (χ1v) is 5.99. The molecule has 0 amide bonds. The maximum absolute atomic E-state index is 13.1. The highest BCUT2D eigenvalue weighted by atomic mass is 35.5. The van der Waals surface area contributed by atoms with Crippen LogP contribution in [-0.4, -0.2) is 4.92 Å². The molecule has 0 aliphatic rings. The van der Waals surface area contributed by atoms with Crippen molar-refractivity contribution < 1.29 is 14.1 Å². The van der Waals surface area contributed by atoms with Crippen molar-refractivity contribution in [1.29, 1.82) is 0 Å². The molecule has 0 radical (unpaired) electrons. The van der Waals surface area contributed by atoms with Crippen molar-refractivity contribution in [2.45, 2.75) is 6.54 Å². The average molecular weight is 297 g/mol. The maximum atomic E-state index is 13.1. The van der Waals surface area contributed by atoms with E-state index in [9.17, 15) is 14.5 Å². The quantitative estimate of drug-likeness (QED) is 0.690. The normalized spacial score (nSPS) is 10.3. The van der Waals surface area contributed by atoms with Gasteiger partial charge in [-0.2, -0.15) is 0 Å². The van der Waals surface area contributed by atoms with Gasteiger partial charge in [-0.3, -0.25) is 10.1 Å². The number of ether oxygens (including phenoxy) is 1. The van der Waals surface area contributed by atoms with Crippen LogP contribution < -0.4 is 10.5 Å². The molecule has 2 N–H and O–H groups in total. The molecule has 2 rings (SSSR count). The number of nitro groups is 1. The number of hydrogen-bond donors (Lipinski definition) is 1. The lowest BCUT2D eigenvalue weighted by Crippen LogP contribution is -2.00. The minimum atomic E-state index is -0.558. The summed E-state index contributed by atoms with van der Waals surface area (Å²) in [6, 6.07) is 7.67. The molecule has 0 saturated heterocycles. The third-order valence-electron chi connectivity index (χ3n) is 2.59. The molecule has 7 heteroatoms. The van der Waals surface area contributed by atoms with Crippen LogP contribution in [0.1, 0.15) is 5.56 Å². The average Bonchev–Trinajstić information content (AvgIpc) is 2.42. The number of hydrogen-bond acceptors (Lipinski definition) is 4. The zero-order valence-electron chi connectivity index (χ0n) is 10.2. The Hall–Kier alpha value is -2.18. The van der Waals surface area contributed by atoms with E-state index < -0.39 is 10.7 Å². The van der Waals surface area contributed by atoms with Gasteiger partial charge in [0.05, 0.1) is 16.0 Å². The molecule has 0 aromatic heterocycles. The lowest BCUT2D eigenvalue weighted by molar-refractivity contribution is -0.384. The van der Waals surface area contributed by atoms with E-state index in [2.05, 4.69) is 0 Å². The first-order chi connectivity index (χ1) is 9.51. The van der Waals surface area contributed by atoms with Crippen LogP contribution in [0.4, 0.5) is 10.1 Å². The number of nitro benzene ring substituents is 1. The third kappa shape index (κ3) is 3.04. The van der Waals surface area contributed by atoms with Gasteiger partial charge in [-0.15, -0.1) is 0 Å². The molecule has 2 aromatic rings. The van der Waals surface area contributed by atoms with Crippen LogP contribution in [0.3, 0.4) is 0 Å². The second kappa shape index (κ2) is 5.85. The van der Waals surface area contributed by atoms with Crippen LogP contribution in [0.5, 0.6) is 11.5 Å². The zero-order chi connectivity index (χ0) is 14.7. The Labute approximate surface area is 118 Å². The van der Waals surface area contributed by atoms with Crippen LogP contribution in [-0.2, 0) is 6.54 Å². The molecule has 2 aromatic carbocycles. The van der Waals surface area contributed by atoms with E-state index in [1.54, 1.807) is 0 Å². The Kier molecular flexibility index (Phi) is 4.16. The van der Waals surface area contributed by atoms with Crippen LogP contribution in [0.2, 0.25) is 5.02 Å². The first-order valence-electron chi connectivity index (χ1n) is 5.61.